The zero-order valence-electron chi connectivity index (χ0n) is 14.5. The minimum atomic E-state index is -0.388. The molecule has 2 amide bonds. The van der Waals surface area contributed by atoms with Crippen LogP contribution in [0.3, 0.4) is 0 Å². The number of oxime groups is 1. The SMILES string of the molecule is Cc1ccc(NC(=O)/C=N\OCC(=O)N2CCCC[C@H]2C)c(C)c1. The van der Waals surface area contributed by atoms with Crippen LogP contribution >= 0.6 is 0 Å². The third-order valence-electron chi connectivity index (χ3n) is 4.20. The van der Waals surface area contributed by atoms with Gasteiger partial charge in [-0.25, -0.2) is 0 Å². The second kappa shape index (κ2) is 8.47. The van der Waals surface area contributed by atoms with Crippen LogP contribution in [0.25, 0.3) is 0 Å². The standard InChI is InChI=1S/C18H25N3O3/c1-13-7-8-16(14(2)10-13)20-17(22)11-19-24-12-18(23)21-9-5-4-6-15(21)3/h7-8,10-11,15H,4-6,9,12H2,1-3H3,(H,20,22)/b19-11-/t15-/m1/s1. The number of anilines is 1. The molecule has 1 fully saturated rings. The molecular weight excluding hydrogens is 306 g/mol. The fourth-order valence-electron chi connectivity index (χ4n) is 2.85. The summed E-state index contributed by atoms with van der Waals surface area (Å²) in [6.45, 7) is 6.58. The maximum Gasteiger partial charge on any atom is 0.270 e. The number of nitrogens with zero attached hydrogens (tertiary/aromatic N) is 2. The predicted octanol–water partition coefficient (Wildman–Crippen LogP) is 2.65. The molecule has 1 aliphatic rings. The molecule has 2 rings (SSSR count). The molecular formula is C18H25N3O3. The van der Waals surface area contributed by atoms with E-state index >= 15 is 0 Å². The summed E-state index contributed by atoms with van der Waals surface area (Å²) in [5, 5.41) is 6.32. The van der Waals surface area contributed by atoms with E-state index in [4.69, 9.17) is 4.84 Å². The van der Waals surface area contributed by atoms with Crippen molar-refractivity contribution >= 4 is 23.7 Å². The summed E-state index contributed by atoms with van der Waals surface area (Å²) in [5.74, 6) is -0.477. The largest absolute Gasteiger partial charge is 0.386 e. The number of hydrogen-bond acceptors (Lipinski definition) is 4. The lowest BCUT2D eigenvalue weighted by molar-refractivity contribution is -0.139. The van der Waals surface area contributed by atoms with E-state index in [0.717, 1.165) is 48.8 Å². The molecule has 1 aromatic rings. The van der Waals surface area contributed by atoms with E-state index in [1.165, 1.54) is 0 Å². The van der Waals surface area contributed by atoms with Gasteiger partial charge in [-0.2, -0.15) is 0 Å². The highest BCUT2D eigenvalue weighted by Gasteiger charge is 2.23. The van der Waals surface area contributed by atoms with Crippen LogP contribution in [0, 0.1) is 13.8 Å². The fourth-order valence-corrected chi connectivity index (χ4v) is 2.85. The van der Waals surface area contributed by atoms with Crippen LogP contribution in [0.4, 0.5) is 5.69 Å². The third-order valence-corrected chi connectivity index (χ3v) is 4.20. The zero-order valence-corrected chi connectivity index (χ0v) is 14.5. The summed E-state index contributed by atoms with van der Waals surface area (Å²) < 4.78 is 0. The van der Waals surface area contributed by atoms with Gasteiger partial charge in [0.1, 0.15) is 6.21 Å². The van der Waals surface area contributed by atoms with E-state index in [2.05, 4.69) is 10.5 Å². The average molecular weight is 331 g/mol. The van der Waals surface area contributed by atoms with Crippen LogP contribution in [-0.2, 0) is 14.4 Å². The molecule has 6 nitrogen and oxygen atoms in total. The van der Waals surface area contributed by atoms with Gasteiger partial charge in [-0.15, -0.1) is 0 Å². The number of aryl methyl sites for hydroxylation is 2. The Morgan fingerprint density at radius 2 is 2.17 bits per heavy atom. The lowest BCUT2D eigenvalue weighted by Gasteiger charge is -2.32. The normalized spacial score (nSPS) is 17.8. The van der Waals surface area contributed by atoms with Crippen molar-refractivity contribution in [1.82, 2.24) is 4.90 Å². The second-order valence-corrected chi connectivity index (χ2v) is 6.25. The highest BCUT2D eigenvalue weighted by molar-refractivity contribution is 6.31. The molecule has 24 heavy (non-hydrogen) atoms. The lowest BCUT2D eigenvalue weighted by Crippen LogP contribution is -2.43. The van der Waals surface area contributed by atoms with Gasteiger partial charge in [0.2, 0.25) is 0 Å². The average Bonchev–Trinajstić information content (AvgIpc) is 2.54. The highest BCUT2D eigenvalue weighted by atomic mass is 16.6. The summed E-state index contributed by atoms with van der Waals surface area (Å²) in [5.41, 5.74) is 2.84. The van der Waals surface area contributed by atoms with Crippen LogP contribution < -0.4 is 5.32 Å². The quantitative estimate of drug-likeness (QED) is 0.666. The molecule has 1 aliphatic heterocycles. The monoisotopic (exact) mass is 331 g/mol. The summed E-state index contributed by atoms with van der Waals surface area (Å²) in [6, 6.07) is 6.00. The molecule has 0 unspecified atom stereocenters. The van der Waals surface area contributed by atoms with E-state index in [0.29, 0.717) is 0 Å². The van der Waals surface area contributed by atoms with Gasteiger partial charge in [0.15, 0.2) is 6.61 Å². The molecule has 1 heterocycles. The number of benzene rings is 1. The molecule has 0 aliphatic carbocycles. The zero-order chi connectivity index (χ0) is 17.5. The summed E-state index contributed by atoms with van der Waals surface area (Å²) in [4.78, 5) is 30.6. The molecule has 0 spiro atoms. The first-order chi connectivity index (χ1) is 11.5. The molecule has 0 radical (unpaired) electrons. The van der Waals surface area contributed by atoms with Gasteiger partial charge < -0.3 is 15.1 Å². The number of likely N-dealkylation sites (tertiary alicyclic amines) is 1. The molecule has 1 aromatic carbocycles. The number of carbonyl (C=O) groups is 2. The van der Waals surface area contributed by atoms with Crippen molar-refractivity contribution in [2.24, 2.45) is 5.16 Å². The van der Waals surface area contributed by atoms with Crippen LogP contribution in [-0.4, -0.2) is 42.1 Å². The lowest BCUT2D eigenvalue weighted by atomic mass is 10.0. The Bertz CT molecular complexity index is 628. The number of piperidine rings is 1. The van der Waals surface area contributed by atoms with Gasteiger partial charge in [-0.3, -0.25) is 9.59 Å². The van der Waals surface area contributed by atoms with Crippen LogP contribution in [0.1, 0.15) is 37.3 Å². The molecule has 6 heteroatoms. The first-order valence-corrected chi connectivity index (χ1v) is 8.30. The van der Waals surface area contributed by atoms with Crippen LogP contribution in [0.2, 0.25) is 0 Å². The van der Waals surface area contributed by atoms with Crippen molar-refractivity contribution < 1.29 is 14.4 Å². The maximum atomic E-state index is 12.0. The van der Waals surface area contributed by atoms with E-state index in [-0.39, 0.29) is 24.5 Å². The van der Waals surface area contributed by atoms with Gasteiger partial charge in [-0.1, -0.05) is 22.9 Å². The van der Waals surface area contributed by atoms with Crippen LogP contribution in [0.15, 0.2) is 23.4 Å². The molecule has 1 atom stereocenters. The summed E-state index contributed by atoms with van der Waals surface area (Å²) in [6.07, 6.45) is 4.25. The van der Waals surface area contributed by atoms with Gasteiger partial charge in [-0.05, 0) is 51.7 Å². The summed E-state index contributed by atoms with van der Waals surface area (Å²) in [7, 11) is 0. The van der Waals surface area contributed by atoms with Gasteiger partial charge in [0.05, 0.1) is 0 Å². The van der Waals surface area contributed by atoms with E-state index < -0.39 is 0 Å². The number of nitrogens with one attached hydrogen (secondary N) is 1. The van der Waals surface area contributed by atoms with Crippen molar-refractivity contribution in [3.63, 3.8) is 0 Å². The van der Waals surface area contributed by atoms with E-state index in [1.54, 1.807) is 0 Å². The first kappa shape index (κ1) is 18.0. The Labute approximate surface area is 142 Å². The second-order valence-electron chi connectivity index (χ2n) is 6.25. The van der Waals surface area contributed by atoms with E-state index in [1.807, 2.05) is 43.9 Å². The Hall–Kier alpha value is -2.37. The maximum absolute atomic E-state index is 12.0. The van der Waals surface area contributed by atoms with Gasteiger partial charge in [0.25, 0.3) is 11.8 Å². The van der Waals surface area contributed by atoms with Gasteiger partial charge >= 0.3 is 0 Å². The summed E-state index contributed by atoms with van der Waals surface area (Å²) >= 11 is 0. The number of carbonyl (C=O) groups excluding carboxylic acids is 2. The third kappa shape index (κ3) is 5.08. The molecule has 130 valence electrons. The van der Waals surface area contributed by atoms with Crippen molar-refractivity contribution in [2.75, 3.05) is 18.5 Å². The van der Waals surface area contributed by atoms with Crippen molar-refractivity contribution in [3.8, 4) is 0 Å². The van der Waals surface area contributed by atoms with Crippen molar-refractivity contribution in [1.29, 1.82) is 0 Å². The Balaban J connectivity index is 1.77. The van der Waals surface area contributed by atoms with Gasteiger partial charge in [0, 0.05) is 18.3 Å². The molecule has 0 bridgehead atoms. The minimum absolute atomic E-state index is 0.0888. The number of amides is 2. The highest BCUT2D eigenvalue weighted by Crippen LogP contribution is 2.17. The van der Waals surface area contributed by atoms with Crippen molar-refractivity contribution in [2.45, 2.75) is 46.1 Å². The molecule has 1 saturated heterocycles. The Morgan fingerprint density at radius 3 is 2.88 bits per heavy atom. The molecule has 0 saturated carbocycles. The van der Waals surface area contributed by atoms with E-state index in [9.17, 15) is 9.59 Å². The smallest absolute Gasteiger partial charge is 0.270 e. The number of hydrogen-bond donors (Lipinski definition) is 1. The first-order valence-electron chi connectivity index (χ1n) is 8.30. The van der Waals surface area contributed by atoms with Crippen LogP contribution in [0.5, 0.6) is 0 Å². The molecule has 0 aromatic heterocycles. The Kier molecular flexibility index (Phi) is 6.35. The van der Waals surface area contributed by atoms with Crippen molar-refractivity contribution in [3.05, 3.63) is 29.3 Å². The minimum Gasteiger partial charge on any atom is -0.386 e. The Morgan fingerprint density at radius 1 is 1.38 bits per heavy atom. The topological polar surface area (TPSA) is 71.0 Å². The number of rotatable bonds is 5. The molecule has 1 N–H and O–H groups in total. The fraction of sp³-hybridized carbons (Fsp3) is 0.500. The predicted molar refractivity (Wildman–Crippen MR) is 94.0 cm³/mol.